The Balaban J connectivity index is 1.18. The first-order valence-electron chi connectivity index (χ1n) is 16.0. The third kappa shape index (κ3) is 7.74. The zero-order chi connectivity index (χ0) is 31.2. The first-order chi connectivity index (χ1) is 21.2. The Morgan fingerprint density at radius 2 is 1.09 bits per heavy atom. The number of fused-ring (bicyclic) bond motifs is 3. The summed E-state index contributed by atoms with van der Waals surface area (Å²) in [6.45, 7) is 10.3. The molecule has 8 nitrogen and oxygen atoms in total. The number of aliphatic carboxylic acids is 2. The average Bonchev–Trinajstić information content (AvgIpc) is 3.04. The van der Waals surface area contributed by atoms with Crippen molar-refractivity contribution in [1.82, 2.24) is 0 Å². The van der Waals surface area contributed by atoms with E-state index >= 15 is 0 Å². The van der Waals surface area contributed by atoms with Gasteiger partial charge in [0, 0.05) is 18.0 Å². The fourth-order valence-corrected chi connectivity index (χ4v) is 7.26. The molecule has 2 bridgehead atoms. The fraction of sp³-hybridized carbons (Fsp3) is 0.444. The molecule has 44 heavy (non-hydrogen) atoms. The highest BCUT2D eigenvalue weighted by atomic mass is 16.4. The van der Waals surface area contributed by atoms with Crippen molar-refractivity contribution in [3.8, 4) is 11.1 Å². The second kappa shape index (κ2) is 14.0. The summed E-state index contributed by atoms with van der Waals surface area (Å²) in [7, 11) is 0. The molecule has 8 heteroatoms. The van der Waals surface area contributed by atoms with Crippen LogP contribution >= 0.6 is 0 Å². The normalized spacial score (nSPS) is 23.1. The summed E-state index contributed by atoms with van der Waals surface area (Å²) in [6.07, 6.45) is 2.32. The summed E-state index contributed by atoms with van der Waals surface area (Å²) in [5, 5.41) is 19.8. The van der Waals surface area contributed by atoms with Crippen LogP contribution in [0.2, 0.25) is 0 Å². The average molecular weight is 601 g/mol. The molecule has 6 N–H and O–H groups in total. The minimum atomic E-state index is -1.09. The number of piperazine rings is 3. The lowest BCUT2D eigenvalue weighted by Gasteiger charge is -2.55. The molecule has 0 spiro atoms. The lowest BCUT2D eigenvalue weighted by molar-refractivity contribution is -1.09. The van der Waals surface area contributed by atoms with E-state index in [0.717, 1.165) is 41.6 Å². The molecule has 3 aliphatic rings. The quantitative estimate of drug-likeness (QED) is 0.197. The molecule has 234 valence electrons. The number of quaternary nitrogens is 2. The van der Waals surface area contributed by atoms with Crippen LogP contribution in [0.15, 0.2) is 78.9 Å². The van der Waals surface area contributed by atoms with Crippen LogP contribution in [0, 0.1) is 11.8 Å². The maximum Gasteiger partial charge on any atom is 0.307 e. The molecule has 1 unspecified atom stereocenters. The standard InChI is InChI=1S/C36H46N4O4/c37-16-14-32(38)15-17-39-18-21-40(22-19-39,23-20-39)26-29-8-12-31(13-9-29)30-10-6-28(7-11-30)25-34(36(43)44)33(35(41)42)24-27-4-2-1-3-5-27/h1-13,32-34H,14-26,37-38H2/p+2/t32?,33-,34-,39?,40?/m0/s1. The van der Waals surface area contributed by atoms with Crippen LogP contribution in [0.25, 0.3) is 11.1 Å². The summed E-state index contributed by atoms with van der Waals surface area (Å²) in [5.41, 5.74) is 17.1. The van der Waals surface area contributed by atoms with Crippen molar-refractivity contribution in [2.24, 2.45) is 23.3 Å². The Labute approximate surface area is 261 Å². The zero-order valence-corrected chi connectivity index (χ0v) is 25.7. The van der Waals surface area contributed by atoms with Gasteiger partial charge < -0.3 is 30.6 Å². The van der Waals surface area contributed by atoms with Crippen LogP contribution in [0.3, 0.4) is 0 Å². The van der Waals surface area contributed by atoms with E-state index < -0.39 is 23.8 Å². The number of carboxylic acids is 2. The molecule has 3 saturated heterocycles. The molecule has 0 aromatic heterocycles. The van der Waals surface area contributed by atoms with Crippen LogP contribution in [0.1, 0.15) is 29.5 Å². The highest BCUT2D eigenvalue weighted by Crippen LogP contribution is 2.31. The summed E-state index contributed by atoms with van der Waals surface area (Å²) in [5.74, 6) is -4.20. The van der Waals surface area contributed by atoms with Gasteiger partial charge in [-0.3, -0.25) is 9.59 Å². The van der Waals surface area contributed by atoms with Gasteiger partial charge in [-0.2, -0.15) is 0 Å². The first-order valence-corrected chi connectivity index (χ1v) is 16.0. The van der Waals surface area contributed by atoms with Gasteiger partial charge in [-0.1, -0.05) is 78.9 Å². The molecule has 3 fully saturated rings. The molecule has 3 aromatic rings. The van der Waals surface area contributed by atoms with Crippen molar-refractivity contribution in [3.63, 3.8) is 0 Å². The van der Waals surface area contributed by atoms with Gasteiger partial charge in [-0.25, -0.2) is 0 Å². The number of benzene rings is 3. The number of nitrogens with two attached hydrogens (primary N) is 2. The second-order valence-electron chi connectivity index (χ2n) is 13.2. The Morgan fingerprint density at radius 3 is 1.57 bits per heavy atom. The number of nitrogens with zero attached hydrogens (tertiary/aromatic N) is 2. The van der Waals surface area contributed by atoms with Gasteiger partial charge in [0.1, 0.15) is 45.8 Å². The Hall–Kier alpha value is -3.56. The molecule has 0 aliphatic carbocycles. The predicted molar refractivity (Wildman–Crippen MR) is 173 cm³/mol. The van der Waals surface area contributed by atoms with Crippen molar-refractivity contribution >= 4 is 11.9 Å². The minimum absolute atomic E-state index is 0.166. The smallest absolute Gasteiger partial charge is 0.307 e. The first kappa shape index (κ1) is 31.9. The zero-order valence-electron chi connectivity index (χ0n) is 25.7. The maximum absolute atomic E-state index is 12.2. The van der Waals surface area contributed by atoms with Gasteiger partial charge in [0.25, 0.3) is 0 Å². The van der Waals surface area contributed by atoms with E-state index in [9.17, 15) is 19.8 Å². The Bertz CT molecular complexity index is 1370. The summed E-state index contributed by atoms with van der Waals surface area (Å²) in [4.78, 5) is 24.3. The van der Waals surface area contributed by atoms with Crippen LogP contribution in [-0.4, -0.2) is 89.5 Å². The molecular formula is C36H48N4O4+2. The molecule has 0 radical (unpaired) electrons. The van der Waals surface area contributed by atoms with Crippen molar-refractivity contribution < 1.29 is 28.8 Å². The third-order valence-electron chi connectivity index (χ3n) is 10.3. The number of carbonyl (C=O) groups is 2. The lowest BCUT2D eigenvalue weighted by Crippen LogP contribution is -2.74. The molecule has 0 saturated carbocycles. The van der Waals surface area contributed by atoms with Crippen molar-refractivity contribution in [2.75, 3.05) is 52.4 Å². The highest BCUT2D eigenvalue weighted by Gasteiger charge is 2.48. The van der Waals surface area contributed by atoms with E-state index in [1.165, 1.54) is 60.3 Å². The van der Waals surface area contributed by atoms with Crippen LogP contribution < -0.4 is 11.5 Å². The van der Waals surface area contributed by atoms with Gasteiger partial charge in [0.2, 0.25) is 0 Å². The Kier molecular flexibility index (Phi) is 10.2. The second-order valence-corrected chi connectivity index (χ2v) is 13.2. The lowest BCUT2D eigenvalue weighted by atomic mass is 9.82. The van der Waals surface area contributed by atoms with Crippen molar-refractivity contribution in [2.45, 2.75) is 38.3 Å². The van der Waals surface area contributed by atoms with Gasteiger partial charge in [0.15, 0.2) is 0 Å². The monoisotopic (exact) mass is 600 g/mol. The number of carboxylic acid groups (broad SMARTS) is 2. The number of hydrogen-bond acceptors (Lipinski definition) is 4. The summed E-state index contributed by atoms with van der Waals surface area (Å²) < 4.78 is 2.40. The summed E-state index contributed by atoms with van der Waals surface area (Å²) in [6, 6.07) is 26.1. The fourth-order valence-electron chi connectivity index (χ4n) is 7.26. The van der Waals surface area contributed by atoms with E-state index in [4.69, 9.17) is 11.5 Å². The predicted octanol–water partition coefficient (Wildman–Crippen LogP) is 3.77. The molecule has 3 atom stereocenters. The van der Waals surface area contributed by atoms with E-state index in [1.54, 1.807) is 0 Å². The Morgan fingerprint density at radius 1 is 0.636 bits per heavy atom. The molecule has 0 amide bonds. The molecule has 6 rings (SSSR count). The SMILES string of the molecule is NCCC(N)CC[N+]12CC[N+](Cc3ccc(-c4ccc(C[C@H](C(=O)O)[C@H](Cc5ccccc5)C(=O)O)cc4)cc3)(CC1)CC2. The van der Waals surface area contributed by atoms with Gasteiger partial charge in [-0.05, 0) is 48.1 Å². The minimum Gasteiger partial charge on any atom is -0.481 e. The highest BCUT2D eigenvalue weighted by molar-refractivity contribution is 5.80. The van der Waals surface area contributed by atoms with Crippen molar-refractivity contribution in [1.29, 1.82) is 0 Å². The van der Waals surface area contributed by atoms with E-state index in [1.807, 2.05) is 54.6 Å². The molecular weight excluding hydrogens is 552 g/mol. The van der Waals surface area contributed by atoms with Crippen molar-refractivity contribution in [3.05, 3.63) is 95.6 Å². The largest absolute Gasteiger partial charge is 0.481 e. The van der Waals surface area contributed by atoms with Gasteiger partial charge >= 0.3 is 11.9 Å². The van der Waals surface area contributed by atoms with E-state index in [2.05, 4.69) is 24.3 Å². The molecule has 3 heterocycles. The van der Waals surface area contributed by atoms with Gasteiger partial charge in [-0.15, -0.1) is 0 Å². The topological polar surface area (TPSA) is 127 Å². The number of hydrogen-bond donors (Lipinski definition) is 4. The van der Waals surface area contributed by atoms with E-state index in [-0.39, 0.29) is 18.9 Å². The number of rotatable bonds is 15. The van der Waals surface area contributed by atoms with Crippen LogP contribution in [0.4, 0.5) is 0 Å². The van der Waals surface area contributed by atoms with E-state index in [0.29, 0.717) is 6.54 Å². The molecule has 3 aromatic carbocycles. The third-order valence-corrected chi connectivity index (χ3v) is 10.3. The van der Waals surface area contributed by atoms with Crippen LogP contribution in [-0.2, 0) is 29.0 Å². The molecule has 3 aliphatic heterocycles. The maximum atomic E-state index is 12.2. The summed E-state index contributed by atoms with van der Waals surface area (Å²) >= 11 is 0. The van der Waals surface area contributed by atoms with Gasteiger partial charge in [0.05, 0.1) is 18.4 Å². The van der Waals surface area contributed by atoms with Crippen LogP contribution in [0.5, 0.6) is 0 Å².